The third-order valence-electron chi connectivity index (χ3n) is 2.62. The molecule has 1 aliphatic rings. The van der Waals surface area contributed by atoms with Gasteiger partial charge in [-0.2, -0.15) is 4.98 Å². The highest BCUT2D eigenvalue weighted by molar-refractivity contribution is 5.73. The molecule has 1 aliphatic heterocycles. The van der Waals surface area contributed by atoms with Crippen LogP contribution in [0.5, 0.6) is 0 Å². The Hall–Kier alpha value is -1.65. The van der Waals surface area contributed by atoms with Crippen LogP contribution in [0.25, 0.3) is 0 Å². The minimum atomic E-state index is 0.793. The molecule has 0 saturated carbocycles. The Balaban J connectivity index is 2.08. The monoisotopic (exact) mass is 219 g/mol. The lowest BCUT2D eigenvalue weighted by Crippen LogP contribution is -2.31. The first kappa shape index (κ1) is 10.9. The van der Waals surface area contributed by atoms with Gasteiger partial charge < -0.3 is 10.2 Å². The molecule has 5 heteroatoms. The van der Waals surface area contributed by atoms with E-state index < -0.39 is 0 Å². The molecule has 1 aromatic heterocycles. The summed E-state index contributed by atoms with van der Waals surface area (Å²) < 4.78 is 0. The van der Waals surface area contributed by atoms with E-state index in [2.05, 4.69) is 25.2 Å². The maximum absolute atomic E-state index is 4.45. The van der Waals surface area contributed by atoms with Crippen molar-refractivity contribution in [2.24, 2.45) is 4.99 Å². The molecule has 1 fully saturated rings. The average molecular weight is 219 g/mol. The van der Waals surface area contributed by atoms with Crippen LogP contribution in [0.3, 0.4) is 0 Å². The van der Waals surface area contributed by atoms with Crippen LogP contribution in [0.1, 0.15) is 19.3 Å². The first-order valence-electron chi connectivity index (χ1n) is 5.65. The minimum absolute atomic E-state index is 0.793. The fourth-order valence-corrected chi connectivity index (χ4v) is 1.81. The molecule has 2 rings (SSSR count). The number of rotatable bonds is 3. The van der Waals surface area contributed by atoms with Crippen LogP contribution in [0.2, 0.25) is 0 Å². The van der Waals surface area contributed by atoms with Crippen LogP contribution in [0, 0.1) is 0 Å². The lowest BCUT2D eigenvalue weighted by molar-refractivity contribution is 0.568. The third-order valence-corrected chi connectivity index (χ3v) is 2.62. The Morgan fingerprint density at radius 2 is 2.19 bits per heavy atom. The second-order valence-corrected chi connectivity index (χ2v) is 3.82. The van der Waals surface area contributed by atoms with Gasteiger partial charge in [0.2, 0.25) is 5.95 Å². The lowest BCUT2D eigenvalue weighted by Gasteiger charge is -2.26. The second kappa shape index (κ2) is 5.44. The van der Waals surface area contributed by atoms with Gasteiger partial charge in [-0.05, 0) is 25.3 Å². The summed E-state index contributed by atoms with van der Waals surface area (Å²) in [5.41, 5.74) is 0. The molecule has 1 saturated heterocycles. The van der Waals surface area contributed by atoms with Gasteiger partial charge in [0.25, 0.3) is 0 Å². The summed E-state index contributed by atoms with van der Waals surface area (Å²) in [6.45, 7) is 2.12. The Bertz CT molecular complexity index is 357. The highest BCUT2D eigenvalue weighted by atomic mass is 15.3. The molecule has 16 heavy (non-hydrogen) atoms. The van der Waals surface area contributed by atoms with Gasteiger partial charge in [-0.15, -0.1) is 0 Å². The zero-order chi connectivity index (χ0) is 11.2. The van der Waals surface area contributed by atoms with Crippen LogP contribution >= 0.6 is 0 Å². The summed E-state index contributed by atoms with van der Waals surface area (Å²) in [7, 11) is 1.72. The number of hydrogen-bond acceptors (Lipinski definition) is 4. The normalized spacial score (nSPS) is 16.7. The highest BCUT2D eigenvalue weighted by Crippen LogP contribution is 2.16. The van der Waals surface area contributed by atoms with Crippen molar-refractivity contribution in [3.05, 3.63) is 12.3 Å². The number of piperidine rings is 1. The topological polar surface area (TPSA) is 53.4 Å². The van der Waals surface area contributed by atoms with Crippen LogP contribution in [-0.2, 0) is 0 Å². The molecule has 0 atom stereocenters. The fraction of sp³-hybridized carbons (Fsp3) is 0.545. The second-order valence-electron chi connectivity index (χ2n) is 3.82. The average Bonchev–Trinajstić information content (AvgIpc) is 2.38. The summed E-state index contributed by atoms with van der Waals surface area (Å²) in [6, 6.07) is 1.84. The molecular weight excluding hydrogens is 202 g/mol. The first-order valence-corrected chi connectivity index (χ1v) is 5.65. The van der Waals surface area contributed by atoms with E-state index in [1.54, 1.807) is 19.6 Å². The van der Waals surface area contributed by atoms with E-state index in [0.29, 0.717) is 0 Å². The van der Waals surface area contributed by atoms with Gasteiger partial charge in [-0.25, -0.2) is 4.98 Å². The van der Waals surface area contributed by atoms with Gasteiger partial charge >= 0.3 is 0 Å². The Labute approximate surface area is 95.6 Å². The molecule has 0 aliphatic carbocycles. The quantitative estimate of drug-likeness (QED) is 0.619. The van der Waals surface area contributed by atoms with Crippen molar-refractivity contribution in [2.75, 3.05) is 30.4 Å². The fourth-order valence-electron chi connectivity index (χ4n) is 1.81. The molecule has 5 nitrogen and oxygen atoms in total. The van der Waals surface area contributed by atoms with E-state index in [4.69, 9.17) is 0 Å². The van der Waals surface area contributed by atoms with Crippen LogP contribution in [-0.4, -0.2) is 36.4 Å². The van der Waals surface area contributed by atoms with Crippen LogP contribution in [0.4, 0.5) is 11.8 Å². The molecule has 0 unspecified atom stereocenters. The summed E-state index contributed by atoms with van der Waals surface area (Å²) in [5, 5.41) is 3.00. The van der Waals surface area contributed by atoms with Crippen molar-refractivity contribution in [1.29, 1.82) is 0 Å². The standard InChI is InChI=1S/C11H17N5/c1-12-9-14-10-5-6-13-11(15-10)16-7-3-2-4-8-16/h5-6,9H,2-4,7-8H2,1H3,(H,12,13,14,15). The van der Waals surface area contributed by atoms with Crippen molar-refractivity contribution in [1.82, 2.24) is 9.97 Å². The van der Waals surface area contributed by atoms with E-state index in [9.17, 15) is 0 Å². The molecule has 0 radical (unpaired) electrons. The molecule has 2 heterocycles. The molecule has 1 aromatic rings. The van der Waals surface area contributed by atoms with E-state index in [1.807, 2.05) is 6.07 Å². The van der Waals surface area contributed by atoms with Crippen molar-refractivity contribution in [3.8, 4) is 0 Å². The molecule has 0 amide bonds. The maximum Gasteiger partial charge on any atom is 0.227 e. The Morgan fingerprint density at radius 3 is 2.94 bits per heavy atom. The SMILES string of the molecule is CN=CNc1ccnc(N2CCCCC2)n1. The summed E-state index contributed by atoms with van der Waals surface area (Å²) in [5.74, 6) is 1.61. The van der Waals surface area contributed by atoms with Gasteiger partial charge in [0.05, 0.1) is 6.34 Å². The van der Waals surface area contributed by atoms with Crippen molar-refractivity contribution in [3.63, 3.8) is 0 Å². The van der Waals surface area contributed by atoms with Crippen LogP contribution in [0.15, 0.2) is 17.3 Å². The van der Waals surface area contributed by atoms with Gasteiger partial charge in [-0.1, -0.05) is 0 Å². The number of aromatic nitrogens is 2. The number of nitrogens with zero attached hydrogens (tertiary/aromatic N) is 4. The summed E-state index contributed by atoms with van der Waals surface area (Å²) in [6.07, 6.45) is 7.19. The molecule has 0 spiro atoms. The van der Waals surface area contributed by atoms with Gasteiger partial charge in [-0.3, -0.25) is 4.99 Å². The summed E-state index contributed by atoms with van der Waals surface area (Å²) in [4.78, 5) is 14.8. The smallest absolute Gasteiger partial charge is 0.227 e. The van der Waals surface area contributed by atoms with E-state index in [1.165, 1.54) is 19.3 Å². The van der Waals surface area contributed by atoms with E-state index >= 15 is 0 Å². The predicted octanol–water partition coefficient (Wildman–Crippen LogP) is 1.54. The zero-order valence-corrected chi connectivity index (χ0v) is 9.56. The highest BCUT2D eigenvalue weighted by Gasteiger charge is 2.13. The maximum atomic E-state index is 4.45. The number of aliphatic imine (C=N–C) groups is 1. The van der Waals surface area contributed by atoms with Gasteiger partial charge in [0.1, 0.15) is 5.82 Å². The molecule has 0 aromatic carbocycles. The number of hydrogen-bond donors (Lipinski definition) is 1. The Morgan fingerprint density at radius 1 is 1.38 bits per heavy atom. The van der Waals surface area contributed by atoms with Crippen LogP contribution < -0.4 is 10.2 Å². The lowest BCUT2D eigenvalue weighted by atomic mass is 10.1. The predicted molar refractivity (Wildman–Crippen MR) is 66.1 cm³/mol. The van der Waals surface area contributed by atoms with Gasteiger partial charge in [0.15, 0.2) is 0 Å². The van der Waals surface area contributed by atoms with Crippen molar-refractivity contribution >= 4 is 18.1 Å². The number of nitrogens with one attached hydrogen (secondary N) is 1. The molecule has 86 valence electrons. The third kappa shape index (κ3) is 2.68. The van der Waals surface area contributed by atoms with E-state index in [-0.39, 0.29) is 0 Å². The van der Waals surface area contributed by atoms with Gasteiger partial charge in [0, 0.05) is 26.3 Å². The zero-order valence-electron chi connectivity index (χ0n) is 9.56. The molecule has 0 bridgehead atoms. The van der Waals surface area contributed by atoms with Crippen molar-refractivity contribution < 1.29 is 0 Å². The minimum Gasteiger partial charge on any atom is -0.341 e. The van der Waals surface area contributed by atoms with E-state index in [0.717, 1.165) is 24.9 Å². The van der Waals surface area contributed by atoms with Crippen molar-refractivity contribution in [2.45, 2.75) is 19.3 Å². The Kier molecular flexibility index (Phi) is 3.69. The molecular formula is C11H17N5. The number of anilines is 2. The molecule has 1 N–H and O–H groups in total. The summed E-state index contributed by atoms with van der Waals surface area (Å²) >= 11 is 0. The first-order chi connectivity index (χ1) is 7.90. The largest absolute Gasteiger partial charge is 0.341 e.